The van der Waals surface area contributed by atoms with Crippen molar-refractivity contribution < 1.29 is 10.2 Å². The van der Waals surface area contributed by atoms with Gasteiger partial charge in [0.25, 0.3) is 0 Å². The first-order chi connectivity index (χ1) is 5.65. The highest BCUT2D eigenvalue weighted by Crippen LogP contribution is 2.03. The molecule has 0 spiro atoms. The van der Waals surface area contributed by atoms with Crippen LogP contribution in [0, 0.1) is 0 Å². The van der Waals surface area contributed by atoms with Crippen molar-refractivity contribution in [2.75, 3.05) is 13.4 Å². The zero-order chi connectivity index (χ0) is 9.14. The number of aliphatic hydroxyl groups is 2. The fourth-order valence-corrected chi connectivity index (χ4v) is 0.982. The molecule has 0 saturated heterocycles. The maximum absolute atomic E-state index is 9.16. The molecule has 6 heteroatoms. The molecule has 1 aliphatic heterocycles. The normalized spacial score (nSPS) is 20.1. The molecular formula is C6H11N3O2S. The predicted octanol–water partition coefficient (Wildman–Crippen LogP) is -0.837. The molecule has 0 radical (unpaired) electrons. The SMILES string of the molecule is CC(O)N1C=NC(=S)N(CO)C1. The zero-order valence-corrected chi connectivity index (χ0v) is 7.53. The van der Waals surface area contributed by atoms with Crippen molar-refractivity contribution in [1.29, 1.82) is 0 Å². The molecule has 1 atom stereocenters. The summed E-state index contributed by atoms with van der Waals surface area (Å²) >= 11 is 4.83. The second-order valence-electron chi connectivity index (χ2n) is 2.50. The van der Waals surface area contributed by atoms with E-state index >= 15 is 0 Å². The molecule has 0 aromatic carbocycles. The van der Waals surface area contributed by atoms with Gasteiger partial charge in [-0.05, 0) is 19.1 Å². The van der Waals surface area contributed by atoms with Crippen molar-refractivity contribution >= 4 is 23.7 Å². The van der Waals surface area contributed by atoms with Gasteiger partial charge in [0.15, 0.2) is 5.11 Å². The van der Waals surface area contributed by atoms with Crippen molar-refractivity contribution in [1.82, 2.24) is 9.80 Å². The number of hydrogen-bond acceptors (Lipinski definition) is 4. The minimum atomic E-state index is -0.620. The third-order valence-corrected chi connectivity index (χ3v) is 1.94. The third-order valence-electron chi connectivity index (χ3n) is 1.57. The van der Waals surface area contributed by atoms with Crippen molar-refractivity contribution in [3.8, 4) is 0 Å². The van der Waals surface area contributed by atoms with E-state index < -0.39 is 6.23 Å². The Balaban J connectivity index is 2.64. The minimum Gasteiger partial charge on any atom is -0.376 e. The van der Waals surface area contributed by atoms with Crippen LogP contribution in [0.4, 0.5) is 0 Å². The van der Waals surface area contributed by atoms with Crippen LogP contribution in [0.25, 0.3) is 0 Å². The smallest absolute Gasteiger partial charge is 0.200 e. The van der Waals surface area contributed by atoms with Gasteiger partial charge in [-0.25, -0.2) is 4.99 Å². The van der Waals surface area contributed by atoms with Gasteiger partial charge in [-0.3, -0.25) is 0 Å². The average Bonchev–Trinajstić information content (AvgIpc) is 2.05. The van der Waals surface area contributed by atoms with E-state index in [1.807, 2.05) is 0 Å². The van der Waals surface area contributed by atoms with E-state index in [0.29, 0.717) is 11.8 Å². The molecule has 0 aromatic heterocycles. The molecule has 2 N–H and O–H groups in total. The molecule has 1 unspecified atom stereocenters. The van der Waals surface area contributed by atoms with Gasteiger partial charge < -0.3 is 20.0 Å². The van der Waals surface area contributed by atoms with Crippen LogP contribution in [-0.4, -0.2) is 51.1 Å². The molecular weight excluding hydrogens is 178 g/mol. The number of aliphatic imine (C=N–C) groups is 1. The topological polar surface area (TPSA) is 59.3 Å². The van der Waals surface area contributed by atoms with Crippen LogP contribution in [0.15, 0.2) is 4.99 Å². The van der Waals surface area contributed by atoms with Gasteiger partial charge in [-0.1, -0.05) is 0 Å². The first kappa shape index (κ1) is 9.37. The van der Waals surface area contributed by atoms with Crippen LogP contribution in [0.5, 0.6) is 0 Å². The summed E-state index contributed by atoms with van der Waals surface area (Å²) in [6, 6.07) is 0. The van der Waals surface area contributed by atoms with Crippen molar-refractivity contribution in [3.05, 3.63) is 0 Å². The fraction of sp³-hybridized carbons (Fsp3) is 0.667. The molecule has 1 rings (SSSR count). The van der Waals surface area contributed by atoms with Crippen molar-refractivity contribution in [3.63, 3.8) is 0 Å². The summed E-state index contributed by atoms with van der Waals surface area (Å²) in [7, 11) is 0. The van der Waals surface area contributed by atoms with Gasteiger partial charge in [-0.2, -0.15) is 0 Å². The summed E-state index contributed by atoms with van der Waals surface area (Å²) in [5, 5.41) is 18.3. The molecule has 0 aliphatic carbocycles. The Morgan fingerprint density at radius 2 is 2.50 bits per heavy atom. The van der Waals surface area contributed by atoms with E-state index in [0.717, 1.165) is 0 Å². The van der Waals surface area contributed by atoms with Crippen molar-refractivity contribution in [2.45, 2.75) is 13.2 Å². The third kappa shape index (κ3) is 1.90. The lowest BCUT2D eigenvalue weighted by Gasteiger charge is -2.33. The van der Waals surface area contributed by atoms with Gasteiger partial charge >= 0.3 is 0 Å². The molecule has 1 aliphatic rings. The summed E-state index contributed by atoms with van der Waals surface area (Å²) in [5.74, 6) is 0. The second-order valence-corrected chi connectivity index (χ2v) is 2.86. The highest BCUT2D eigenvalue weighted by Gasteiger charge is 2.18. The van der Waals surface area contributed by atoms with Gasteiger partial charge in [-0.15, -0.1) is 0 Å². The Bertz CT molecular complexity index is 207. The molecule has 0 saturated carbocycles. The van der Waals surface area contributed by atoms with Crippen LogP contribution in [-0.2, 0) is 0 Å². The molecule has 0 bridgehead atoms. The quantitative estimate of drug-likeness (QED) is 0.555. The number of aliphatic hydroxyl groups excluding tert-OH is 2. The molecule has 0 aromatic rings. The van der Waals surface area contributed by atoms with Crippen LogP contribution < -0.4 is 0 Å². The molecule has 0 fully saturated rings. The first-order valence-electron chi connectivity index (χ1n) is 3.53. The van der Waals surface area contributed by atoms with Gasteiger partial charge in [0.1, 0.15) is 13.0 Å². The highest BCUT2D eigenvalue weighted by atomic mass is 32.1. The van der Waals surface area contributed by atoms with E-state index in [1.165, 1.54) is 11.2 Å². The molecule has 68 valence electrons. The number of rotatable bonds is 2. The Kier molecular flexibility index (Phi) is 2.96. The van der Waals surface area contributed by atoms with Crippen LogP contribution in [0.3, 0.4) is 0 Å². The van der Waals surface area contributed by atoms with Gasteiger partial charge in [0.05, 0.1) is 13.0 Å². The molecule has 0 amide bonds. The van der Waals surface area contributed by atoms with E-state index in [-0.39, 0.29) is 6.73 Å². The molecule has 12 heavy (non-hydrogen) atoms. The molecule has 1 heterocycles. The first-order valence-corrected chi connectivity index (χ1v) is 3.93. The number of hydrogen-bond donors (Lipinski definition) is 2. The Morgan fingerprint density at radius 3 is 3.00 bits per heavy atom. The maximum atomic E-state index is 9.16. The summed E-state index contributed by atoms with van der Waals surface area (Å²) in [4.78, 5) is 6.86. The van der Waals surface area contributed by atoms with E-state index in [4.69, 9.17) is 22.4 Å². The van der Waals surface area contributed by atoms with Crippen LogP contribution in [0.1, 0.15) is 6.92 Å². The average molecular weight is 189 g/mol. The Hall–Kier alpha value is -0.720. The predicted molar refractivity (Wildman–Crippen MR) is 48.4 cm³/mol. The van der Waals surface area contributed by atoms with Gasteiger partial charge in [0, 0.05) is 0 Å². The van der Waals surface area contributed by atoms with Crippen LogP contribution in [0.2, 0.25) is 0 Å². The summed E-state index contributed by atoms with van der Waals surface area (Å²) in [6.45, 7) is 1.81. The van der Waals surface area contributed by atoms with E-state index in [1.54, 1.807) is 11.8 Å². The Morgan fingerprint density at radius 1 is 1.83 bits per heavy atom. The summed E-state index contributed by atoms with van der Waals surface area (Å²) < 4.78 is 0. The number of thiocarbonyl (C=S) groups is 1. The fourth-order valence-electron chi connectivity index (χ4n) is 0.819. The monoisotopic (exact) mass is 189 g/mol. The molecule has 5 nitrogen and oxygen atoms in total. The lowest BCUT2D eigenvalue weighted by molar-refractivity contribution is 0.0304. The van der Waals surface area contributed by atoms with Crippen LogP contribution >= 0.6 is 12.2 Å². The Labute approximate surface area is 75.9 Å². The minimum absolute atomic E-state index is 0.181. The maximum Gasteiger partial charge on any atom is 0.200 e. The summed E-state index contributed by atoms with van der Waals surface area (Å²) in [6.07, 6.45) is 0.852. The zero-order valence-electron chi connectivity index (χ0n) is 6.71. The highest BCUT2D eigenvalue weighted by molar-refractivity contribution is 7.80. The number of nitrogens with zero attached hydrogens (tertiary/aromatic N) is 3. The van der Waals surface area contributed by atoms with E-state index in [9.17, 15) is 0 Å². The lowest BCUT2D eigenvalue weighted by atomic mass is 10.5. The lowest BCUT2D eigenvalue weighted by Crippen LogP contribution is -2.47. The largest absolute Gasteiger partial charge is 0.376 e. The van der Waals surface area contributed by atoms with Crippen molar-refractivity contribution in [2.24, 2.45) is 4.99 Å². The standard InChI is InChI=1S/C6H11N3O2S/c1-5(11)8-2-7-6(12)9(3-8)4-10/h2,5,10-11H,3-4H2,1H3. The van der Waals surface area contributed by atoms with Gasteiger partial charge in [0.2, 0.25) is 0 Å². The second kappa shape index (κ2) is 3.79. The van der Waals surface area contributed by atoms with E-state index in [2.05, 4.69) is 4.99 Å². The summed E-state index contributed by atoms with van der Waals surface area (Å²) in [5.41, 5.74) is 0.